The molecule has 1 aliphatic heterocycles. The van der Waals surface area contributed by atoms with Gasteiger partial charge in [0.25, 0.3) is 0 Å². The number of benzene rings is 1. The standard InChI is InChI=1S/C17H22N2O5S/c1-2-3-12-24-14-4-6-15(7-5-14)25(22,23)17(13-16(20)19-21)8-10-18-11-9-17/h4-7,18,21H,8-13H2,1H3,(H,19,20). The van der Waals surface area contributed by atoms with Gasteiger partial charge in [-0.15, -0.1) is 5.92 Å². The van der Waals surface area contributed by atoms with Gasteiger partial charge >= 0.3 is 0 Å². The minimum Gasteiger partial charge on any atom is -0.481 e. The molecular formula is C17H22N2O5S. The van der Waals surface area contributed by atoms with Crippen LogP contribution in [-0.4, -0.2) is 44.0 Å². The van der Waals surface area contributed by atoms with Crippen molar-refractivity contribution in [3.63, 3.8) is 0 Å². The van der Waals surface area contributed by atoms with Crippen LogP contribution in [0.1, 0.15) is 26.2 Å². The molecule has 1 aliphatic rings. The van der Waals surface area contributed by atoms with E-state index >= 15 is 0 Å². The van der Waals surface area contributed by atoms with Gasteiger partial charge in [-0.25, -0.2) is 13.9 Å². The number of sulfone groups is 1. The van der Waals surface area contributed by atoms with E-state index in [1.807, 2.05) is 0 Å². The first-order valence-corrected chi connectivity index (χ1v) is 9.44. The first-order chi connectivity index (χ1) is 11.9. The Balaban J connectivity index is 2.29. The van der Waals surface area contributed by atoms with Gasteiger partial charge in [0.05, 0.1) is 9.64 Å². The van der Waals surface area contributed by atoms with E-state index in [2.05, 4.69) is 17.2 Å². The molecular weight excluding hydrogens is 344 g/mol. The highest BCUT2D eigenvalue weighted by atomic mass is 32.2. The Kier molecular flexibility index (Phi) is 6.42. The molecule has 0 radical (unpaired) electrons. The third-order valence-electron chi connectivity index (χ3n) is 4.31. The van der Waals surface area contributed by atoms with Gasteiger partial charge in [-0.2, -0.15) is 0 Å². The summed E-state index contributed by atoms with van der Waals surface area (Å²) in [6.07, 6.45) is 0.318. The minimum atomic E-state index is -3.77. The zero-order valence-electron chi connectivity index (χ0n) is 14.0. The van der Waals surface area contributed by atoms with Crippen molar-refractivity contribution in [3.8, 4) is 17.6 Å². The van der Waals surface area contributed by atoms with Crippen LogP contribution in [-0.2, 0) is 14.6 Å². The fraction of sp³-hybridized carbons (Fsp3) is 0.471. The molecule has 0 spiro atoms. The second-order valence-electron chi connectivity index (χ2n) is 5.84. The summed E-state index contributed by atoms with van der Waals surface area (Å²) in [4.78, 5) is 11.8. The topological polar surface area (TPSA) is 105 Å². The molecule has 1 heterocycles. The molecule has 7 nitrogen and oxygen atoms in total. The SMILES string of the molecule is CC#CCOc1ccc(S(=O)(=O)C2(CC(=O)NO)CCNCC2)cc1. The van der Waals surface area contributed by atoms with E-state index in [-0.39, 0.29) is 17.9 Å². The van der Waals surface area contributed by atoms with Crippen molar-refractivity contribution in [2.75, 3.05) is 19.7 Å². The van der Waals surface area contributed by atoms with Gasteiger partial charge in [-0.1, -0.05) is 5.92 Å². The van der Waals surface area contributed by atoms with Crippen LogP contribution in [0.25, 0.3) is 0 Å². The van der Waals surface area contributed by atoms with Crippen LogP contribution < -0.4 is 15.5 Å². The molecule has 0 atom stereocenters. The van der Waals surface area contributed by atoms with E-state index in [0.29, 0.717) is 31.7 Å². The van der Waals surface area contributed by atoms with Gasteiger partial charge in [-0.05, 0) is 57.1 Å². The fourth-order valence-electron chi connectivity index (χ4n) is 2.91. The average Bonchev–Trinajstić information content (AvgIpc) is 2.63. The van der Waals surface area contributed by atoms with Crippen molar-refractivity contribution in [1.82, 2.24) is 10.8 Å². The molecule has 0 saturated carbocycles. The summed E-state index contributed by atoms with van der Waals surface area (Å²) >= 11 is 0. The number of piperidine rings is 1. The Bertz CT molecular complexity index is 756. The summed E-state index contributed by atoms with van der Waals surface area (Å²) < 4.78 is 30.5. The smallest absolute Gasteiger partial charge is 0.244 e. The van der Waals surface area contributed by atoms with Gasteiger partial charge < -0.3 is 10.1 Å². The van der Waals surface area contributed by atoms with Gasteiger partial charge in [0.15, 0.2) is 9.84 Å². The fourth-order valence-corrected chi connectivity index (χ4v) is 4.97. The van der Waals surface area contributed by atoms with Crippen LogP contribution in [0.15, 0.2) is 29.2 Å². The molecule has 1 saturated heterocycles. The minimum absolute atomic E-state index is 0.133. The summed E-state index contributed by atoms with van der Waals surface area (Å²) in [7, 11) is -3.77. The third kappa shape index (κ3) is 4.31. The maximum Gasteiger partial charge on any atom is 0.244 e. The highest BCUT2D eigenvalue weighted by molar-refractivity contribution is 7.92. The molecule has 25 heavy (non-hydrogen) atoms. The highest BCUT2D eigenvalue weighted by Gasteiger charge is 2.46. The maximum atomic E-state index is 13.2. The number of hydroxylamine groups is 1. The van der Waals surface area contributed by atoms with Gasteiger partial charge in [0.2, 0.25) is 5.91 Å². The zero-order valence-corrected chi connectivity index (χ0v) is 14.9. The van der Waals surface area contributed by atoms with E-state index in [4.69, 9.17) is 9.94 Å². The second-order valence-corrected chi connectivity index (χ2v) is 8.18. The van der Waals surface area contributed by atoms with Crippen LogP contribution in [0.4, 0.5) is 0 Å². The number of ether oxygens (including phenoxy) is 1. The lowest BCUT2D eigenvalue weighted by molar-refractivity contribution is -0.130. The molecule has 0 bridgehead atoms. The van der Waals surface area contributed by atoms with Gasteiger partial charge in [-0.3, -0.25) is 10.0 Å². The molecule has 3 N–H and O–H groups in total. The molecule has 1 aromatic carbocycles. The van der Waals surface area contributed by atoms with Crippen molar-refractivity contribution in [2.24, 2.45) is 0 Å². The summed E-state index contributed by atoms with van der Waals surface area (Å²) in [5.74, 6) is 5.29. The Hall–Kier alpha value is -2.08. The number of amides is 1. The van der Waals surface area contributed by atoms with E-state index in [9.17, 15) is 13.2 Å². The number of hydrogen-bond donors (Lipinski definition) is 3. The van der Waals surface area contributed by atoms with Crippen LogP contribution in [0.2, 0.25) is 0 Å². The van der Waals surface area contributed by atoms with Crippen LogP contribution >= 0.6 is 0 Å². The molecule has 1 amide bonds. The first kappa shape index (κ1) is 19.2. The van der Waals surface area contributed by atoms with Crippen molar-refractivity contribution >= 4 is 15.7 Å². The van der Waals surface area contributed by atoms with Gasteiger partial charge in [0.1, 0.15) is 12.4 Å². The number of rotatable bonds is 6. The molecule has 1 aromatic rings. The Morgan fingerprint density at radius 2 is 1.96 bits per heavy atom. The lowest BCUT2D eigenvalue weighted by Crippen LogP contribution is -2.50. The number of hydrogen-bond acceptors (Lipinski definition) is 6. The zero-order chi connectivity index (χ0) is 18.3. The third-order valence-corrected chi connectivity index (χ3v) is 6.90. The molecule has 0 aromatic heterocycles. The lowest BCUT2D eigenvalue weighted by atomic mass is 9.93. The number of nitrogens with one attached hydrogen (secondary N) is 2. The molecule has 1 fully saturated rings. The van der Waals surface area contributed by atoms with Crippen LogP contribution in [0.5, 0.6) is 5.75 Å². The van der Waals surface area contributed by atoms with Crippen LogP contribution in [0.3, 0.4) is 0 Å². The van der Waals surface area contributed by atoms with E-state index in [1.165, 1.54) is 12.1 Å². The Morgan fingerprint density at radius 1 is 1.32 bits per heavy atom. The van der Waals surface area contributed by atoms with Gasteiger partial charge in [0, 0.05) is 6.42 Å². The monoisotopic (exact) mass is 366 g/mol. The predicted octanol–water partition coefficient (Wildman–Crippen LogP) is 0.880. The molecule has 0 unspecified atom stereocenters. The van der Waals surface area contributed by atoms with E-state index < -0.39 is 20.5 Å². The Morgan fingerprint density at radius 3 is 2.52 bits per heavy atom. The first-order valence-electron chi connectivity index (χ1n) is 7.96. The van der Waals surface area contributed by atoms with Crippen molar-refractivity contribution in [1.29, 1.82) is 0 Å². The molecule has 0 aliphatic carbocycles. The molecule has 8 heteroatoms. The van der Waals surface area contributed by atoms with Crippen molar-refractivity contribution in [3.05, 3.63) is 24.3 Å². The van der Waals surface area contributed by atoms with Crippen LogP contribution in [0, 0.1) is 11.8 Å². The number of carbonyl (C=O) groups excluding carboxylic acids is 1. The quantitative estimate of drug-likeness (QED) is 0.392. The normalized spacial score (nSPS) is 16.4. The highest BCUT2D eigenvalue weighted by Crippen LogP contribution is 2.37. The average molecular weight is 366 g/mol. The summed E-state index contributed by atoms with van der Waals surface area (Å²) in [5.41, 5.74) is 1.54. The second kappa shape index (κ2) is 8.34. The van der Waals surface area contributed by atoms with Crippen molar-refractivity contribution in [2.45, 2.75) is 35.8 Å². The molecule has 2 rings (SSSR count). The Labute approximate surface area is 147 Å². The summed E-state index contributed by atoms with van der Waals surface area (Å²) in [6.45, 7) is 2.93. The number of carbonyl (C=O) groups is 1. The summed E-state index contributed by atoms with van der Waals surface area (Å²) in [5, 5.41) is 11.9. The largest absolute Gasteiger partial charge is 0.481 e. The molecule has 136 valence electrons. The maximum absolute atomic E-state index is 13.2. The van der Waals surface area contributed by atoms with E-state index in [0.717, 1.165) is 0 Å². The lowest BCUT2D eigenvalue weighted by Gasteiger charge is -2.36. The summed E-state index contributed by atoms with van der Waals surface area (Å²) in [6, 6.07) is 6.10. The van der Waals surface area contributed by atoms with Crippen molar-refractivity contribution < 1.29 is 23.2 Å². The predicted molar refractivity (Wildman–Crippen MR) is 92.0 cm³/mol. The van der Waals surface area contributed by atoms with E-state index in [1.54, 1.807) is 24.5 Å².